The van der Waals surface area contributed by atoms with Crippen molar-refractivity contribution >= 4 is 5.91 Å². The van der Waals surface area contributed by atoms with Gasteiger partial charge < -0.3 is 10.0 Å². The third-order valence-electron chi connectivity index (χ3n) is 4.69. The number of amides is 1. The molecule has 1 aliphatic carbocycles. The van der Waals surface area contributed by atoms with Crippen LogP contribution in [-0.2, 0) is 0 Å². The number of carbonyl (C=O) groups is 1. The summed E-state index contributed by atoms with van der Waals surface area (Å²) in [6.07, 6.45) is 4.00. The van der Waals surface area contributed by atoms with Gasteiger partial charge in [0.25, 0.3) is 5.91 Å². The highest BCUT2D eigenvalue weighted by Crippen LogP contribution is 2.51. The highest BCUT2D eigenvalue weighted by atomic mass is 16.3. The Morgan fingerprint density at radius 1 is 1.53 bits per heavy atom. The second-order valence-corrected chi connectivity index (χ2v) is 6.07. The van der Waals surface area contributed by atoms with Gasteiger partial charge >= 0.3 is 0 Å². The Bertz CT molecular complexity index is 488. The van der Waals surface area contributed by atoms with Crippen molar-refractivity contribution in [3.05, 3.63) is 30.1 Å². The smallest absolute Gasteiger partial charge is 0.273 e. The van der Waals surface area contributed by atoms with Gasteiger partial charge in [-0.25, -0.2) is 0 Å². The van der Waals surface area contributed by atoms with E-state index in [4.69, 9.17) is 0 Å². The molecule has 1 amide bonds. The maximum Gasteiger partial charge on any atom is 0.273 e. The fraction of sp³-hybridized carbons (Fsp3) is 0.600. The number of hydrogen-bond acceptors (Lipinski definition) is 3. The number of likely N-dealkylation sites (tertiary alicyclic amines) is 1. The first kappa shape index (κ1) is 12.6. The summed E-state index contributed by atoms with van der Waals surface area (Å²) >= 11 is 0. The van der Waals surface area contributed by atoms with Gasteiger partial charge in [-0.2, -0.15) is 0 Å². The molecule has 3 rings (SSSR count). The predicted octanol–water partition coefficient (Wildman–Crippen LogP) is 1.85. The Hall–Kier alpha value is -1.42. The number of nitrogens with zero attached hydrogens (tertiary/aromatic N) is 2. The van der Waals surface area contributed by atoms with E-state index in [1.807, 2.05) is 11.0 Å². The van der Waals surface area contributed by atoms with Gasteiger partial charge in [0, 0.05) is 12.2 Å². The third kappa shape index (κ3) is 1.77. The van der Waals surface area contributed by atoms with Gasteiger partial charge in [0.15, 0.2) is 0 Å². The number of hydrogen-bond donors (Lipinski definition) is 1. The molecule has 1 saturated heterocycles. The molecule has 4 heteroatoms. The van der Waals surface area contributed by atoms with Gasteiger partial charge in [-0.1, -0.05) is 13.0 Å². The molecule has 2 aliphatic rings. The fourth-order valence-electron chi connectivity index (χ4n) is 3.89. The summed E-state index contributed by atoms with van der Waals surface area (Å²) in [5.41, 5.74) is 0.114. The summed E-state index contributed by atoms with van der Waals surface area (Å²) in [6.45, 7) is 4.00. The number of piperidine rings is 1. The Morgan fingerprint density at radius 3 is 2.95 bits per heavy atom. The minimum Gasteiger partial charge on any atom is -0.391 e. The molecule has 2 heterocycles. The lowest BCUT2D eigenvalue weighted by Gasteiger charge is -2.64. The van der Waals surface area contributed by atoms with E-state index >= 15 is 0 Å². The van der Waals surface area contributed by atoms with Crippen molar-refractivity contribution < 1.29 is 9.90 Å². The summed E-state index contributed by atoms with van der Waals surface area (Å²) in [4.78, 5) is 18.6. The molecule has 0 aromatic carbocycles. The highest BCUT2D eigenvalue weighted by Gasteiger charge is 2.60. The van der Waals surface area contributed by atoms with Gasteiger partial charge in [0.05, 0.1) is 11.6 Å². The van der Waals surface area contributed by atoms with Crippen LogP contribution in [0, 0.1) is 5.92 Å². The number of aromatic nitrogens is 1. The van der Waals surface area contributed by atoms with Crippen molar-refractivity contribution in [2.45, 2.75) is 50.8 Å². The molecule has 4 atom stereocenters. The van der Waals surface area contributed by atoms with Crippen molar-refractivity contribution in [1.82, 2.24) is 9.88 Å². The maximum atomic E-state index is 12.6. The summed E-state index contributed by atoms with van der Waals surface area (Å²) in [6, 6.07) is 5.65. The zero-order chi connectivity index (χ0) is 13.6. The molecule has 3 unspecified atom stereocenters. The Kier molecular flexibility index (Phi) is 2.86. The van der Waals surface area contributed by atoms with Crippen LogP contribution in [-0.4, -0.2) is 38.6 Å². The quantitative estimate of drug-likeness (QED) is 0.883. The summed E-state index contributed by atoms with van der Waals surface area (Å²) < 4.78 is 0. The SMILES string of the molecule is CC(O)C12CC(C[C@@H](C)C1)N2C(=O)c1ccccn1. The van der Waals surface area contributed by atoms with Crippen LogP contribution in [0.1, 0.15) is 43.6 Å². The van der Waals surface area contributed by atoms with E-state index in [1.54, 1.807) is 25.3 Å². The zero-order valence-electron chi connectivity index (χ0n) is 11.4. The molecule has 2 bridgehead atoms. The first-order chi connectivity index (χ1) is 9.04. The van der Waals surface area contributed by atoms with Crippen LogP contribution in [0.5, 0.6) is 0 Å². The lowest BCUT2D eigenvalue weighted by molar-refractivity contribution is -0.152. The van der Waals surface area contributed by atoms with Crippen LogP contribution in [0.25, 0.3) is 0 Å². The lowest BCUT2D eigenvalue weighted by atomic mass is 9.62. The van der Waals surface area contributed by atoms with Gasteiger partial charge in [-0.05, 0) is 44.2 Å². The van der Waals surface area contributed by atoms with Crippen LogP contribution >= 0.6 is 0 Å². The van der Waals surface area contributed by atoms with Crippen LogP contribution in [0.15, 0.2) is 24.4 Å². The fourth-order valence-corrected chi connectivity index (χ4v) is 3.89. The van der Waals surface area contributed by atoms with Crippen LogP contribution in [0.3, 0.4) is 0 Å². The van der Waals surface area contributed by atoms with Crippen molar-refractivity contribution in [1.29, 1.82) is 0 Å². The molecule has 1 aliphatic heterocycles. The Balaban J connectivity index is 1.91. The normalized spacial score (nSPS) is 34.6. The molecule has 0 spiro atoms. The molecule has 4 nitrogen and oxygen atoms in total. The molecular weight excluding hydrogens is 240 g/mol. The van der Waals surface area contributed by atoms with Gasteiger partial charge in [0.1, 0.15) is 5.69 Å². The number of aliphatic hydroxyl groups is 1. The molecule has 1 aromatic rings. The van der Waals surface area contributed by atoms with E-state index in [2.05, 4.69) is 11.9 Å². The van der Waals surface area contributed by atoms with Crippen molar-refractivity contribution in [2.24, 2.45) is 5.92 Å². The topological polar surface area (TPSA) is 53.4 Å². The number of pyridine rings is 1. The minimum absolute atomic E-state index is 0.0374. The van der Waals surface area contributed by atoms with Crippen LogP contribution in [0.4, 0.5) is 0 Å². The minimum atomic E-state index is -0.487. The molecule has 2 fully saturated rings. The molecule has 1 N–H and O–H groups in total. The largest absolute Gasteiger partial charge is 0.391 e. The van der Waals surface area contributed by atoms with Crippen molar-refractivity contribution in [2.75, 3.05) is 0 Å². The number of rotatable bonds is 2. The summed E-state index contributed by atoms with van der Waals surface area (Å²) in [5.74, 6) is 0.533. The molecule has 1 saturated carbocycles. The van der Waals surface area contributed by atoms with Crippen LogP contribution < -0.4 is 0 Å². The zero-order valence-corrected chi connectivity index (χ0v) is 11.4. The molecule has 102 valence electrons. The monoisotopic (exact) mass is 260 g/mol. The molecule has 1 aromatic heterocycles. The first-order valence-corrected chi connectivity index (χ1v) is 6.97. The van der Waals surface area contributed by atoms with Crippen molar-refractivity contribution in [3.63, 3.8) is 0 Å². The summed E-state index contributed by atoms with van der Waals surface area (Å²) in [5, 5.41) is 10.1. The van der Waals surface area contributed by atoms with Crippen LogP contribution in [0.2, 0.25) is 0 Å². The Labute approximate surface area is 113 Å². The number of carbonyl (C=O) groups excluding carboxylic acids is 1. The third-order valence-corrected chi connectivity index (χ3v) is 4.69. The van der Waals surface area contributed by atoms with E-state index in [0.29, 0.717) is 11.6 Å². The Morgan fingerprint density at radius 2 is 2.32 bits per heavy atom. The highest BCUT2D eigenvalue weighted by molar-refractivity contribution is 5.94. The molecular formula is C15H20N2O2. The number of fused-ring (bicyclic) bond motifs is 2. The van der Waals surface area contributed by atoms with Gasteiger partial charge in [0.2, 0.25) is 0 Å². The average Bonchev–Trinajstić information content (AvgIpc) is 2.38. The standard InChI is InChI=1S/C15H20N2O2/c1-10-7-12-9-15(8-10,11(2)18)17(12)14(19)13-5-3-4-6-16-13/h3-6,10-12,18H,7-9H2,1-2H3/t10-,11?,12?,15?/m1/s1. The average molecular weight is 260 g/mol. The lowest BCUT2D eigenvalue weighted by Crippen LogP contribution is -2.75. The second-order valence-electron chi connectivity index (χ2n) is 6.07. The van der Waals surface area contributed by atoms with E-state index in [-0.39, 0.29) is 17.5 Å². The van der Waals surface area contributed by atoms with E-state index in [0.717, 1.165) is 19.3 Å². The molecule has 19 heavy (non-hydrogen) atoms. The van der Waals surface area contributed by atoms with Gasteiger partial charge in [-0.3, -0.25) is 9.78 Å². The predicted molar refractivity (Wildman–Crippen MR) is 71.6 cm³/mol. The van der Waals surface area contributed by atoms with Crippen molar-refractivity contribution in [3.8, 4) is 0 Å². The second kappa shape index (κ2) is 4.30. The van der Waals surface area contributed by atoms with E-state index in [9.17, 15) is 9.90 Å². The van der Waals surface area contributed by atoms with E-state index < -0.39 is 6.10 Å². The number of aliphatic hydroxyl groups excluding tert-OH is 1. The first-order valence-electron chi connectivity index (χ1n) is 6.97. The summed E-state index contributed by atoms with van der Waals surface area (Å²) in [7, 11) is 0. The van der Waals surface area contributed by atoms with E-state index in [1.165, 1.54) is 0 Å². The maximum absolute atomic E-state index is 12.6. The van der Waals surface area contributed by atoms with Gasteiger partial charge in [-0.15, -0.1) is 0 Å². The molecule has 0 radical (unpaired) electrons.